The second-order valence-corrected chi connectivity index (χ2v) is 3.81. The summed E-state index contributed by atoms with van der Waals surface area (Å²) in [5.41, 5.74) is 0. The first kappa shape index (κ1) is 17.5. The molecule has 0 aliphatic heterocycles. The molecule has 1 nitrogen and oxygen atoms in total. The van der Waals surface area contributed by atoms with Crippen molar-refractivity contribution in [3.63, 3.8) is 0 Å². The summed E-state index contributed by atoms with van der Waals surface area (Å²) in [5, 5.41) is 9.01. The maximum atomic E-state index is 9.20. The van der Waals surface area contributed by atoms with Crippen LogP contribution >= 0.6 is 58.0 Å². The Morgan fingerprint density at radius 2 is 0.857 bits per heavy atom. The van der Waals surface area contributed by atoms with Crippen LogP contribution in [0.4, 0.5) is 4.70 Å². The van der Waals surface area contributed by atoms with E-state index in [9.17, 15) is 5.11 Å². The zero-order chi connectivity index (χ0) is 9.46. The SMILES string of the molecule is F.Oc1c(Cl)c(Cl)c(Cl)c(Cl)c1Cl.[Nb]. The van der Waals surface area contributed by atoms with Gasteiger partial charge in [-0.1, -0.05) is 58.0 Å². The number of aromatic hydroxyl groups is 1. The second-order valence-electron chi connectivity index (χ2n) is 1.92. The van der Waals surface area contributed by atoms with Gasteiger partial charge in [0.15, 0.2) is 5.75 Å². The first-order chi connectivity index (χ1) is 5.46. The topological polar surface area (TPSA) is 20.2 Å². The van der Waals surface area contributed by atoms with E-state index in [2.05, 4.69) is 0 Å². The number of hydrogen-bond acceptors (Lipinski definition) is 1. The Labute approximate surface area is 120 Å². The molecule has 1 radical (unpaired) electrons. The van der Waals surface area contributed by atoms with E-state index < -0.39 is 0 Å². The Kier molecular flexibility index (Phi) is 8.35. The van der Waals surface area contributed by atoms with E-state index in [4.69, 9.17) is 58.0 Å². The molecule has 0 aromatic heterocycles. The van der Waals surface area contributed by atoms with Crippen LogP contribution in [0.1, 0.15) is 0 Å². The predicted molar refractivity (Wildman–Crippen MR) is 55.7 cm³/mol. The van der Waals surface area contributed by atoms with Crippen molar-refractivity contribution in [1.29, 1.82) is 0 Å². The molecule has 0 unspecified atom stereocenters. The van der Waals surface area contributed by atoms with E-state index in [-0.39, 0.29) is 57.9 Å². The molecule has 0 atom stereocenters. The van der Waals surface area contributed by atoms with E-state index in [1.54, 1.807) is 0 Å². The van der Waals surface area contributed by atoms with Gasteiger partial charge >= 0.3 is 0 Å². The van der Waals surface area contributed by atoms with Crippen LogP contribution < -0.4 is 0 Å². The third-order valence-electron chi connectivity index (χ3n) is 1.19. The van der Waals surface area contributed by atoms with Crippen LogP contribution in [0.15, 0.2) is 0 Å². The molecule has 0 heterocycles. The van der Waals surface area contributed by atoms with Crippen molar-refractivity contribution in [2.24, 2.45) is 0 Å². The summed E-state index contributed by atoms with van der Waals surface area (Å²) in [4.78, 5) is 0. The van der Waals surface area contributed by atoms with Crippen LogP contribution in [-0.4, -0.2) is 5.11 Å². The van der Waals surface area contributed by atoms with Gasteiger partial charge in [0, 0.05) is 22.4 Å². The van der Waals surface area contributed by atoms with Gasteiger partial charge in [-0.25, -0.2) is 0 Å². The Morgan fingerprint density at radius 1 is 0.643 bits per heavy atom. The molecule has 1 N–H and O–H groups in total. The zero-order valence-electron chi connectivity index (χ0n) is 6.19. The molecule has 0 aliphatic rings. The van der Waals surface area contributed by atoms with Gasteiger partial charge in [-0.3, -0.25) is 4.70 Å². The second kappa shape index (κ2) is 6.66. The summed E-state index contributed by atoms with van der Waals surface area (Å²) in [5.74, 6) is -0.363. The molecule has 0 fully saturated rings. The summed E-state index contributed by atoms with van der Waals surface area (Å²) in [6, 6.07) is 0. The van der Waals surface area contributed by atoms with E-state index in [1.807, 2.05) is 0 Å². The molecule has 1 aromatic rings. The van der Waals surface area contributed by atoms with E-state index in [0.717, 1.165) is 0 Å². The van der Waals surface area contributed by atoms with Crippen LogP contribution in [0.25, 0.3) is 0 Å². The molecule has 0 saturated heterocycles. The number of phenolic OH excluding ortho intramolecular Hbond substituents is 1. The van der Waals surface area contributed by atoms with Crippen molar-refractivity contribution in [2.45, 2.75) is 0 Å². The molecule has 1 rings (SSSR count). The fourth-order valence-corrected chi connectivity index (χ4v) is 1.72. The van der Waals surface area contributed by atoms with Gasteiger partial charge in [-0.15, -0.1) is 0 Å². The molecular weight excluding hydrogens is 377 g/mol. The van der Waals surface area contributed by atoms with E-state index in [0.29, 0.717) is 0 Å². The summed E-state index contributed by atoms with van der Waals surface area (Å²) in [7, 11) is 0. The largest absolute Gasteiger partial charge is 0.505 e. The summed E-state index contributed by atoms with van der Waals surface area (Å²) < 4.78 is 0. The molecule has 0 amide bonds. The summed E-state index contributed by atoms with van der Waals surface area (Å²) in [6.07, 6.45) is 0. The normalized spacial score (nSPS) is 8.93. The first-order valence-electron chi connectivity index (χ1n) is 2.67. The molecule has 0 aliphatic carbocycles. The van der Waals surface area contributed by atoms with Gasteiger partial charge in [0.05, 0.1) is 15.1 Å². The fraction of sp³-hybridized carbons (Fsp3) is 0. The Morgan fingerprint density at radius 3 is 1.14 bits per heavy atom. The zero-order valence-corrected chi connectivity index (χ0v) is 12.2. The maximum absolute atomic E-state index is 9.20. The molecule has 8 heteroatoms. The minimum atomic E-state index is -0.363. The van der Waals surface area contributed by atoms with Crippen LogP contribution in [0, 0.1) is 0 Å². The number of phenols is 1. The van der Waals surface area contributed by atoms with Gasteiger partial charge in [0.1, 0.15) is 10.0 Å². The average molecular weight is 379 g/mol. The van der Waals surface area contributed by atoms with Crippen LogP contribution in [-0.2, 0) is 22.4 Å². The minimum Gasteiger partial charge on any atom is -0.505 e. The van der Waals surface area contributed by atoms with Crippen molar-refractivity contribution in [2.75, 3.05) is 0 Å². The first-order valence-corrected chi connectivity index (χ1v) is 4.56. The van der Waals surface area contributed by atoms with E-state index in [1.165, 1.54) is 0 Å². The molecule has 0 saturated carbocycles. The number of rotatable bonds is 0. The Balaban J connectivity index is 0. The minimum absolute atomic E-state index is 0. The quantitative estimate of drug-likeness (QED) is 0.390. The molecular formula is C6H2Cl5FNbO. The van der Waals surface area contributed by atoms with Crippen molar-refractivity contribution < 1.29 is 32.2 Å². The van der Waals surface area contributed by atoms with Crippen LogP contribution in [0.2, 0.25) is 25.1 Å². The predicted octanol–water partition coefficient (Wildman–Crippen LogP) is 4.81. The van der Waals surface area contributed by atoms with Crippen LogP contribution in [0.5, 0.6) is 5.75 Å². The van der Waals surface area contributed by atoms with Gasteiger partial charge in [0.25, 0.3) is 0 Å². The molecule has 0 bridgehead atoms. The van der Waals surface area contributed by atoms with Gasteiger partial charge in [-0.2, -0.15) is 0 Å². The molecule has 0 spiro atoms. The van der Waals surface area contributed by atoms with Gasteiger partial charge in [-0.05, 0) is 0 Å². The van der Waals surface area contributed by atoms with Crippen LogP contribution in [0.3, 0.4) is 0 Å². The third-order valence-corrected chi connectivity index (χ3v) is 3.44. The van der Waals surface area contributed by atoms with Crippen molar-refractivity contribution in [1.82, 2.24) is 0 Å². The maximum Gasteiger partial charge on any atom is 0.155 e. The van der Waals surface area contributed by atoms with Crippen molar-refractivity contribution >= 4 is 58.0 Å². The molecule has 14 heavy (non-hydrogen) atoms. The smallest absolute Gasteiger partial charge is 0.155 e. The summed E-state index contributed by atoms with van der Waals surface area (Å²) >= 11 is 27.9. The Bertz CT molecular complexity index is 240. The third kappa shape index (κ3) is 3.06. The number of halogens is 6. The summed E-state index contributed by atoms with van der Waals surface area (Å²) in [6.45, 7) is 0. The standard InChI is InChI=1S/C6HCl5O.FH.Nb/c7-1-2(8)4(10)6(12)5(11)3(1)9;;/h12H;1H;. The van der Waals surface area contributed by atoms with Gasteiger partial charge in [0.2, 0.25) is 0 Å². The van der Waals surface area contributed by atoms with Gasteiger partial charge < -0.3 is 5.11 Å². The Hall–Kier alpha value is 1.14. The monoisotopic (exact) mass is 377 g/mol. The molecule has 79 valence electrons. The fourth-order valence-electron chi connectivity index (χ4n) is 0.593. The average Bonchev–Trinajstić information content (AvgIpc) is 2.08. The molecule has 1 aromatic carbocycles. The number of hydrogen-bond donors (Lipinski definition) is 1. The number of benzene rings is 1. The van der Waals surface area contributed by atoms with E-state index >= 15 is 0 Å². The van der Waals surface area contributed by atoms with Crippen molar-refractivity contribution in [3.05, 3.63) is 25.1 Å². The van der Waals surface area contributed by atoms with Crippen molar-refractivity contribution in [3.8, 4) is 5.75 Å².